The van der Waals surface area contributed by atoms with E-state index in [1.165, 1.54) is 51.6 Å². The molecule has 0 spiro atoms. The average molecular weight is 153 g/mol. The average Bonchev–Trinajstić information content (AvgIpc) is 2.63. The topological polar surface area (TPSA) is 3.24 Å². The van der Waals surface area contributed by atoms with Gasteiger partial charge in [-0.1, -0.05) is 13.3 Å². The van der Waals surface area contributed by atoms with Crippen molar-refractivity contribution in [2.75, 3.05) is 13.1 Å². The lowest BCUT2D eigenvalue weighted by molar-refractivity contribution is 0.208. The third-order valence-corrected chi connectivity index (χ3v) is 3.32. The molecule has 0 aromatic heterocycles. The Hall–Kier alpha value is -0.0400. The van der Waals surface area contributed by atoms with E-state index < -0.39 is 0 Å². The van der Waals surface area contributed by atoms with Crippen LogP contribution in [0.3, 0.4) is 0 Å². The van der Waals surface area contributed by atoms with Crippen LogP contribution in [0.5, 0.6) is 0 Å². The van der Waals surface area contributed by atoms with Gasteiger partial charge in [-0.05, 0) is 45.2 Å². The summed E-state index contributed by atoms with van der Waals surface area (Å²) in [5.41, 5.74) is 0.714. The van der Waals surface area contributed by atoms with Crippen molar-refractivity contribution < 1.29 is 0 Å². The van der Waals surface area contributed by atoms with Crippen molar-refractivity contribution in [2.45, 2.75) is 51.0 Å². The first-order valence-corrected chi connectivity index (χ1v) is 5.12. The molecule has 0 bridgehead atoms. The van der Waals surface area contributed by atoms with Crippen LogP contribution in [0.4, 0.5) is 0 Å². The van der Waals surface area contributed by atoms with Crippen molar-refractivity contribution in [2.24, 2.45) is 0 Å². The van der Waals surface area contributed by atoms with Gasteiger partial charge in [0.05, 0.1) is 0 Å². The molecule has 0 aromatic rings. The van der Waals surface area contributed by atoms with Gasteiger partial charge < -0.3 is 0 Å². The van der Waals surface area contributed by atoms with Gasteiger partial charge in [0, 0.05) is 5.54 Å². The van der Waals surface area contributed by atoms with Crippen LogP contribution in [0, 0.1) is 0 Å². The van der Waals surface area contributed by atoms with Gasteiger partial charge in [0.2, 0.25) is 0 Å². The molecule has 1 saturated heterocycles. The molecule has 0 radical (unpaired) electrons. The molecule has 0 aromatic carbocycles. The third-order valence-electron chi connectivity index (χ3n) is 3.32. The Morgan fingerprint density at radius 3 is 2.27 bits per heavy atom. The van der Waals surface area contributed by atoms with Crippen LogP contribution < -0.4 is 0 Å². The monoisotopic (exact) mass is 153 g/mol. The summed E-state index contributed by atoms with van der Waals surface area (Å²) in [6.07, 6.45) is 8.70. The number of nitrogens with zero attached hydrogens (tertiary/aromatic N) is 1. The predicted octanol–water partition coefficient (Wildman–Crippen LogP) is 2.41. The molecule has 1 heterocycles. The van der Waals surface area contributed by atoms with E-state index in [1.54, 1.807) is 0 Å². The fourth-order valence-electron chi connectivity index (χ4n) is 2.53. The van der Waals surface area contributed by atoms with E-state index in [-0.39, 0.29) is 0 Å². The molecule has 1 saturated carbocycles. The Bertz CT molecular complexity index is 132. The standard InChI is InChI=1S/C10H19N/c1-2-5-10(6-7-10)11-8-3-4-9-11/h2-9H2,1H3. The van der Waals surface area contributed by atoms with E-state index in [4.69, 9.17) is 0 Å². The molecule has 64 valence electrons. The molecule has 2 fully saturated rings. The SMILES string of the molecule is CCCC1(N2CCCC2)CC1. The zero-order valence-corrected chi connectivity index (χ0v) is 7.60. The van der Waals surface area contributed by atoms with E-state index in [0.717, 1.165) is 0 Å². The first-order chi connectivity index (χ1) is 5.37. The van der Waals surface area contributed by atoms with Gasteiger partial charge in [0.15, 0.2) is 0 Å². The first-order valence-electron chi connectivity index (χ1n) is 5.12. The van der Waals surface area contributed by atoms with Gasteiger partial charge in [-0.2, -0.15) is 0 Å². The zero-order chi connectivity index (χ0) is 7.73. The first kappa shape index (κ1) is 7.60. The van der Waals surface area contributed by atoms with Crippen molar-refractivity contribution in [3.63, 3.8) is 0 Å². The van der Waals surface area contributed by atoms with Gasteiger partial charge in [-0.15, -0.1) is 0 Å². The molecule has 11 heavy (non-hydrogen) atoms. The second kappa shape index (κ2) is 2.78. The highest BCUT2D eigenvalue weighted by atomic mass is 15.2. The van der Waals surface area contributed by atoms with Crippen LogP contribution in [0.25, 0.3) is 0 Å². The quantitative estimate of drug-likeness (QED) is 0.602. The minimum absolute atomic E-state index is 0.714. The number of hydrogen-bond acceptors (Lipinski definition) is 1. The fraction of sp³-hybridized carbons (Fsp3) is 1.00. The van der Waals surface area contributed by atoms with Crippen molar-refractivity contribution in [1.29, 1.82) is 0 Å². The van der Waals surface area contributed by atoms with E-state index in [1.807, 2.05) is 0 Å². The zero-order valence-electron chi connectivity index (χ0n) is 7.60. The molecule has 0 unspecified atom stereocenters. The lowest BCUT2D eigenvalue weighted by Gasteiger charge is -2.26. The summed E-state index contributed by atoms with van der Waals surface area (Å²) in [6.45, 7) is 5.09. The number of rotatable bonds is 3. The molecular formula is C10H19N. The molecule has 1 aliphatic carbocycles. The molecule has 0 N–H and O–H groups in total. The van der Waals surface area contributed by atoms with Gasteiger partial charge in [-0.25, -0.2) is 0 Å². The normalized spacial score (nSPS) is 29.2. The highest BCUT2D eigenvalue weighted by Gasteiger charge is 2.47. The summed E-state index contributed by atoms with van der Waals surface area (Å²) in [5.74, 6) is 0. The predicted molar refractivity (Wildman–Crippen MR) is 47.7 cm³/mol. The van der Waals surface area contributed by atoms with E-state index >= 15 is 0 Å². The smallest absolute Gasteiger partial charge is 0.0210 e. The van der Waals surface area contributed by atoms with E-state index in [2.05, 4.69) is 11.8 Å². The lowest BCUT2D eigenvalue weighted by atomic mass is 10.1. The molecular weight excluding hydrogens is 134 g/mol. The minimum atomic E-state index is 0.714. The van der Waals surface area contributed by atoms with Gasteiger partial charge in [-0.3, -0.25) is 4.90 Å². The molecule has 0 atom stereocenters. The van der Waals surface area contributed by atoms with Crippen molar-refractivity contribution in [3.05, 3.63) is 0 Å². The highest BCUT2D eigenvalue weighted by Crippen LogP contribution is 2.46. The second-order valence-corrected chi connectivity index (χ2v) is 4.17. The summed E-state index contributed by atoms with van der Waals surface area (Å²) < 4.78 is 0. The maximum absolute atomic E-state index is 2.75. The van der Waals surface area contributed by atoms with Crippen molar-refractivity contribution in [1.82, 2.24) is 4.90 Å². The lowest BCUT2D eigenvalue weighted by Crippen LogP contribution is -2.34. The maximum Gasteiger partial charge on any atom is 0.0210 e. The largest absolute Gasteiger partial charge is 0.298 e. The molecule has 2 aliphatic rings. The molecule has 1 heteroatoms. The molecule has 1 aliphatic heterocycles. The Morgan fingerprint density at radius 2 is 1.82 bits per heavy atom. The highest BCUT2D eigenvalue weighted by molar-refractivity contribution is 5.04. The Morgan fingerprint density at radius 1 is 1.18 bits per heavy atom. The minimum Gasteiger partial charge on any atom is -0.298 e. The summed E-state index contributed by atoms with van der Waals surface area (Å²) in [5, 5.41) is 0. The van der Waals surface area contributed by atoms with Gasteiger partial charge in [0.1, 0.15) is 0 Å². The number of likely N-dealkylation sites (tertiary alicyclic amines) is 1. The molecule has 0 amide bonds. The Labute approximate surface area is 69.8 Å². The summed E-state index contributed by atoms with van der Waals surface area (Å²) in [7, 11) is 0. The van der Waals surface area contributed by atoms with Gasteiger partial charge >= 0.3 is 0 Å². The summed E-state index contributed by atoms with van der Waals surface area (Å²) >= 11 is 0. The number of hydrogen-bond donors (Lipinski definition) is 0. The van der Waals surface area contributed by atoms with Crippen LogP contribution in [0.2, 0.25) is 0 Å². The maximum atomic E-state index is 2.75. The Balaban J connectivity index is 1.91. The van der Waals surface area contributed by atoms with Crippen LogP contribution in [-0.4, -0.2) is 23.5 Å². The van der Waals surface area contributed by atoms with E-state index in [0.29, 0.717) is 5.54 Å². The van der Waals surface area contributed by atoms with Crippen LogP contribution in [0.15, 0.2) is 0 Å². The van der Waals surface area contributed by atoms with Gasteiger partial charge in [0.25, 0.3) is 0 Å². The third kappa shape index (κ3) is 1.31. The fourth-order valence-corrected chi connectivity index (χ4v) is 2.53. The molecule has 1 nitrogen and oxygen atoms in total. The molecule has 2 rings (SSSR count). The van der Waals surface area contributed by atoms with Crippen molar-refractivity contribution >= 4 is 0 Å². The summed E-state index contributed by atoms with van der Waals surface area (Å²) in [6, 6.07) is 0. The second-order valence-electron chi connectivity index (χ2n) is 4.17. The Kier molecular flexibility index (Phi) is 1.92. The summed E-state index contributed by atoms with van der Waals surface area (Å²) in [4.78, 5) is 2.75. The van der Waals surface area contributed by atoms with Crippen LogP contribution >= 0.6 is 0 Å². The van der Waals surface area contributed by atoms with Crippen LogP contribution in [-0.2, 0) is 0 Å². The van der Waals surface area contributed by atoms with Crippen LogP contribution in [0.1, 0.15) is 45.4 Å². The van der Waals surface area contributed by atoms with E-state index in [9.17, 15) is 0 Å². The van der Waals surface area contributed by atoms with Crippen molar-refractivity contribution in [3.8, 4) is 0 Å².